The van der Waals surface area contributed by atoms with Gasteiger partial charge in [0, 0.05) is 32.2 Å². The Kier molecular flexibility index (Phi) is 5.72. The normalized spacial score (nSPS) is 19.7. The molecule has 1 fully saturated rings. The second-order valence-corrected chi connectivity index (χ2v) is 11.0. The summed E-state index contributed by atoms with van der Waals surface area (Å²) in [6, 6.07) is 6.52. The van der Waals surface area contributed by atoms with Crippen molar-refractivity contribution >= 4 is 42.6 Å². The zero-order chi connectivity index (χ0) is 22.3. The number of thiazole rings is 1. The van der Waals surface area contributed by atoms with Crippen LogP contribution in [0.1, 0.15) is 29.0 Å². The van der Waals surface area contributed by atoms with E-state index in [-0.39, 0.29) is 16.8 Å². The minimum absolute atomic E-state index is 0.100. The average Bonchev–Trinajstić information content (AvgIpc) is 3.45. The monoisotopic (exact) mass is 475 g/mol. The maximum atomic E-state index is 12.7. The Hall–Kier alpha value is -2.38. The molecule has 10 nitrogen and oxygen atoms in total. The van der Waals surface area contributed by atoms with Crippen LogP contribution in [-0.4, -0.2) is 66.7 Å². The van der Waals surface area contributed by atoms with E-state index in [1.54, 1.807) is 18.2 Å². The van der Waals surface area contributed by atoms with Gasteiger partial charge in [0.15, 0.2) is 10.8 Å². The van der Waals surface area contributed by atoms with E-state index in [1.807, 2.05) is 10.7 Å². The number of aryl methyl sites for hydroxylation is 1. The first-order chi connectivity index (χ1) is 15.4. The zero-order valence-corrected chi connectivity index (χ0v) is 19.3. The summed E-state index contributed by atoms with van der Waals surface area (Å²) in [6.45, 7) is 3.98. The fourth-order valence-electron chi connectivity index (χ4n) is 4.06. The van der Waals surface area contributed by atoms with Gasteiger partial charge in [0.1, 0.15) is 0 Å². The van der Waals surface area contributed by atoms with Crippen LogP contribution in [0.3, 0.4) is 0 Å². The molecule has 0 unspecified atom stereocenters. The maximum Gasteiger partial charge on any atom is 0.277 e. The van der Waals surface area contributed by atoms with Crippen LogP contribution in [0.15, 0.2) is 29.2 Å². The van der Waals surface area contributed by atoms with Gasteiger partial charge in [0.25, 0.3) is 5.91 Å². The quantitative estimate of drug-likeness (QED) is 0.507. The first-order valence-electron chi connectivity index (χ1n) is 10.6. The van der Waals surface area contributed by atoms with Crippen molar-refractivity contribution in [2.75, 3.05) is 32.0 Å². The number of anilines is 1. The van der Waals surface area contributed by atoms with Crippen molar-refractivity contribution in [3.05, 3.63) is 35.7 Å². The molecule has 1 aromatic carbocycles. The molecule has 0 saturated carbocycles. The van der Waals surface area contributed by atoms with Crippen LogP contribution in [0.25, 0.3) is 10.2 Å². The van der Waals surface area contributed by atoms with E-state index in [1.165, 1.54) is 11.3 Å². The fourth-order valence-corrected chi connectivity index (χ4v) is 6.33. The second kappa shape index (κ2) is 8.52. The molecule has 4 heterocycles. The van der Waals surface area contributed by atoms with Gasteiger partial charge in [-0.15, -0.1) is 0 Å². The molecule has 1 atom stereocenters. The van der Waals surface area contributed by atoms with Gasteiger partial charge in [0.05, 0.1) is 20.8 Å². The number of benzene rings is 1. The number of hydrogen-bond donors (Lipinski definition) is 3. The van der Waals surface area contributed by atoms with Gasteiger partial charge in [-0.2, -0.15) is 5.10 Å². The standard InChI is InChI=1S/C20H25N7O3S2/c1-26-7-2-8-27-14(12-26)9-17(24-27)19(28)23-20-22-16-4-3-15(10-18(16)31-20)32(29,30)25-13-5-6-21-11-13/h3-4,9-10,13,21,25H,2,5-8,11-12H2,1H3,(H,22,23,28)/t13-/m0/s1. The van der Waals surface area contributed by atoms with Gasteiger partial charge in [-0.25, -0.2) is 18.1 Å². The first-order valence-corrected chi connectivity index (χ1v) is 12.9. The summed E-state index contributed by atoms with van der Waals surface area (Å²) in [7, 11) is -1.56. The Balaban J connectivity index is 1.33. The summed E-state index contributed by atoms with van der Waals surface area (Å²) < 4.78 is 30.7. The van der Waals surface area contributed by atoms with Crippen molar-refractivity contribution in [1.82, 2.24) is 29.7 Å². The molecule has 3 aromatic rings. The van der Waals surface area contributed by atoms with E-state index in [0.29, 0.717) is 27.6 Å². The molecule has 0 radical (unpaired) electrons. The second-order valence-electron chi connectivity index (χ2n) is 8.25. The summed E-state index contributed by atoms with van der Waals surface area (Å²) in [4.78, 5) is 19.6. The van der Waals surface area contributed by atoms with E-state index in [4.69, 9.17) is 0 Å². The highest BCUT2D eigenvalue weighted by Gasteiger charge is 2.24. The number of rotatable bonds is 5. The molecule has 0 aliphatic carbocycles. The van der Waals surface area contributed by atoms with Gasteiger partial charge < -0.3 is 10.2 Å². The minimum atomic E-state index is -3.62. The Morgan fingerprint density at radius 1 is 1.28 bits per heavy atom. The SMILES string of the molecule is CN1CCCn2nc(C(=O)Nc3nc4ccc(S(=O)(=O)N[C@H]5CCNC5)cc4s3)cc2C1. The van der Waals surface area contributed by atoms with E-state index < -0.39 is 10.0 Å². The molecular weight excluding hydrogens is 450 g/mol. The Bertz CT molecular complexity index is 1260. The molecule has 3 N–H and O–H groups in total. The van der Waals surface area contributed by atoms with E-state index in [0.717, 1.165) is 44.7 Å². The average molecular weight is 476 g/mol. The van der Waals surface area contributed by atoms with Crippen LogP contribution in [-0.2, 0) is 23.1 Å². The smallest absolute Gasteiger partial charge is 0.277 e. The van der Waals surface area contributed by atoms with E-state index in [2.05, 4.69) is 37.4 Å². The highest BCUT2D eigenvalue weighted by Crippen LogP contribution is 2.29. The molecule has 0 bridgehead atoms. The largest absolute Gasteiger partial charge is 0.315 e. The molecular formula is C20H25N7O3S2. The Labute approximate surface area is 190 Å². The van der Waals surface area contributed by atoms with Crippen molar-refractivity contribution in [3.8, 4) is 0 Å². The third kappa shape index (κ3) is 4.41. The van der Waals surface area contributed by atoms with Crippen molar-refractivity contribution in [3.63, 3.8) is 0 Å². The molecule has 170 valence electrons. The molecule has 12 heteroatoms. The van der Waals surface area contributed by atoms with Crippen LogP contribution < -0.4 is 15.4 Å². The van der Waals surface area contributed by atoms with E-state index >= 15 is 0 Å². The number of carbonyl (C=O) groups is 1. The lowest BCUT2D eigenvalue weighted by Gasteiger charge is -2.11. The number of nitrogens with one attached hydrogen (secondary N) is 3. The van der Waals surface area contributed by atoms with Crippen molar-refractivity contribution in [2.45, 2.75) is 36.9 Å². The Morgan fingerprint density at radius 3 is 2.97 bits per heavy atom. The summed E-state index contributed by atoms with van der Waals surface area (Å²) in [5, 5.41) is 10.8. The first kappa shape index (κ1) is 21.5. The predicted molar refractivity (Wildman–Crippen MR) is 122 cm³/mol. The number of aromatic nitrogens is 3. The number of fused-ring (bicyclic) bond motifs is 2. The molecule has 1 amide bonds. The number of nitrogens with zero attached hydrogens (tertiary/aromatic N) is 4. The molecule has 1 saturated heterocycles. The summed E-state index contributed by atoms with van der Waals surface area (Å²) in [6.07, 6.45) is 1.76. The summed E-state index contributed by atoms with van der Waals surface area (Å²) in [5.74, 6) is -0.324. The lowest BCUT2D eigenvalue weighted by Crippen LogP contribution is -2.36. The van der Waals surface area contributed by atoms with Crippen LogP contribution in [0.2, 0.25) is 0 Å². The third-order valence-corrected chi connectivity index (χ3v) is 8.16. The number of hydrogen-bond acceptors (Lipinski definition) is 8. The summed E-state index contributed by atoms with van der Waals surface area (Å²) >= 11 is 1.24. The highest BCUT2D eigenvalue weighted by molar-refractivity contribution is 7.89. The lowest BCUT2D eigenvalue weighted by molar-refractivity contribution is 0.102. The van der Waals surface area contributed by atoms with Gasteiger partial charge in [-0.3, -0.25) is 14.8 Å². The topological polar surface area (TPSA) is 121 Å². The fraction of sp³-hybridized carbons (Fsp3) is 0.450. The predicted octanol–water partition coefficient (Wildman–Crippen LogP) is 1.22. The molecule has 0 spiro atoms. The number of carbonyl (C=O) groups excluding carboxylic acids is 1. The van der Waals surface area contributed by atoms with Gasteiger partial charge >= 0.3 is 0 Å². The van der Waals surface area contributed by atoms with Gasteiger partial charge in [0.2, 0.25) is 10.0 Å². The van der Waals surface area contributed by atoms with Crippen LogP contribution in [0.4, 0.5) is 5.13 Å². The number of amides is 1. The van der Waals surface area contributed by atoms with Crippen LogP contribution in [0, 0.1) is 0 Å². The molecule has 2 aliphatic rings. The molecule has 32 heavy (non-hydrogen) atoms. The van der Waals surface area contributed by atoms with Crippen LogP contribution in [0.5, 0.6) is 0 Å². The zero-order valence-electron chi connectivity index (χ0n) is 17.7. The van der Waals surface area contributed by atoms with Gasteiger partial charge in [-0.05, 0) is 50.7 Å². The molecule has 2 aromatic heterocycles. The van der Waals surface area contributed by atoms with Crippen LogP contribution >= 0.6 is 11.3 Å². The van der Waals surface area contributed by atoms with Crippen molar-refractivity contribution < 1.29 is 13.2 Å². The highest BCUT2D eigenvalue weighted by atomic mass is 32.2. The summed E-state index contributed by atoms with van der Waals surface area (Å²) in [5.41, 5.74) is 2.00. The molecule has 5 rings (SSSR count). The minimum Gasteiger partial charge on any atom is -0.315 e. The van der Waals surface area contributed by atoms with Gasteiger partial charge in [-0.1, -0.05) is 11.3 Å². The molecule has 2 aliphatic heterocycles. The Morgan fingerprint density at radius 2 is 2.16 bits per heavy atom. The lowest BCUT2D eigenvalue weighted by atomic mass is 10.3. The number of sulfonamides is 1. The van der Waals surface area contributed by atoms with Crippen molar-refractivity contribution in [1.29, 1.82) is 0 Å². The third-order valence-electron chi connectivity index (χ3n) is 5.71. The maximum absolute atomic E-state index is 12.7. The van der Waals surface area contributed by atoms with Crippen molar-refractivity contribution in [2.24, 2.45) is 0 Å². The van der Waals surface area contributed by atoms with E-state index in [9.17, 15) is 13.2 Å².